The molecule has 1 heterocycles. The lowest BCUT2D eigenvalue weighted by Crippen LogP contribution is -2.35. The highest BCUT2D eigenvalue weighted by Crippen LogP contribution is 2.37. The van der Waals surface area contributed by atoms with E-state index in [0.29, 0.717) is 0 Å². The highest BCUT2D eigenvalue weighted by Gasteiger charge is 2.40. The third kappa shape index (κ3) is 0.999. The summed E-state index contributed by atoms with van der Waals surface area (Å²) >= 11 is 0. The average molecular weight is 189 g/mol. The zero-order valence-electron chi connectivity index (χ0n) is 9.09. The summed E-state index contributed by atoms with van der Waals surface area (Å²) in [6, 6.07) is 6.10. The molecule has 0 saturated heterocycles. The zero-order chi connectivity index (χ0) is 10.5. The van der Waals surface area contributed by atoms with Crippen LogP contribution >= 0.6 is 0 Å². The molecule has 0 spiro atoms. The van der Waals surface area contributed by atoms with Gasteiger partial charge in [-0.1, -0.05) is 17.7 Å². The van der Waals surface area contributed by atoms with Gasteiger partial charge in [-0.15, -0.1) is 0 Å². The van der Waals surface area contributed by atoms with Crippen molar-refractivity contribution in [1.29, 1.82) is 0 Å². The number of aryl methyl sites for hydroxylation is 1. The molecule has 1 aliphatic heterocycles. The predicted octanol–water partition coefficient (Wildman–Crippen LogP) is 2.32. The smallest absolute Gasteiger partial charge is 0.254 e. The van der Waals surface area contributed by atoms with Crippen LogP contribution in [0.2, 0.25) is 0 Å². The molecule has 2 heteroatoms. The van der Waals surface area contributed by atoms with Crippen LogP contribution in [-0.4, -0.2) is 17.9 Å². The van der Waals surface area contributed by atoms with Crippen molar-refractivity contribution >= 4 is 5.91 Å². The minimum atomic E-state index is -0.167. The van der Waals surface area contributed by atoms with E-state index in [2.05, 4.69) is 26.0 Å². The minimum absolute atomic E-state index is 0.133. The fourth-order valence-corrected chi connectivity index (χ4v) is 1.98. The molecule has 2 nitrogen and oxygen atoms in total. The second-order valence-electron chi connectivity index (χ2n) is 4.47. The maximum absolute atomic E-state index is 11.9. The third-order valence-electron chi connectivity index (χ3n) is 3.21. The van der Waals surface area contributed by atoms with Gasteiger partial charge in [0.05, 0.1) is 5.54 Å². The van der Waals surface area contributed by atoms with Gasteiger partial charge >= 0.3 is 0 Å². The summed E-state index contributed by atoms with van der Waals surface area (Å²) in [6.07, 6.45) is 0. The molecule has 74 valence electrons. The molecule has 0 unspecified atom stereocenters. The average Bonchev–Trinajstić information content (AvgIpc) is 2.28. The normalized spacial score (nSPS) is 18.6. The molecule has 0 fully saturated rings. The van der Waals surface area contributed by atoms with Gasteiger partial charge in [-0.2, -0.15) is 0 Å². The highest BCUT2D eigenvalue weighted by molar-refractivity contribution is 5.99. The first-order valence-electron chi connectivity index (χ1n) is 4.84. The summed E-state index contributed by atoms with van der Waals surface area (Å²) in [5, 5.41) is 0. The van der Waals surface area contributed by atoms with Gasteiger partial charge in [-0.25, -0.2) is 0 Å². The van der Waals surface area contributed by atoms with Gasteiger partial charge in [0.15, 0.2) is 0 Å². The maximum atomic E-state index is 11.9. The van der Waals surface area contributed by atoms with Crippen molar-refractivity contribution in [3.63, 3.8) is 0 Å². The van der Waals surface area contributed by atoms with Crippen molar-refractivity contribution in [1.82, 2.24) is 4.90 Å². The molecule has 1 aromatic rings. The monoisotopic (exact) mass is 189 g/mol. The Labute approximate surface area is 84.5 Å². The topological polar surface area (TPSA) is 20.3 Å². The molecule has 0 aliphatic carbocycles. The van der Waals surface area contributed by atoms with Crippen LogP contribution in [0.1, 0.15) is 35.3 Å². The molecule has 1 aliphatic rings. The van der Waals surface area contributed by atoms with E-state index in [4.69, 9.17) is 0 Å². The van der Waals surface area contributed by atoms with Gasteiger partial charge in [0, 0.05) is 12.6 Å². The van der Waals surface area contributed by atoms with Crippen molar-refractivity contribution < 1.29 is 4.79 Å². The van der Waals surface area contributed by atoms with Crippen LogP contribution in [0.3, 0.4) is 0 Å². The Morgan fingerprint density at radius 1 is 1.29 bits per heavy atom. The number of amides is 1. The lowest BCUT2D eigenvalue weighted by atomic mass is 9.93. The maximum Gasteiger partial charge on any atom is 0.254 e. The second kappa shape index (κ2) is 2.59. The second-order valence-corrected chi connectivity index (χ2v) is 4.47. The van der Waals surface area contributed by atoms with Crippen molar-refractivity contribution in [3.05, 3.63) is 34.9 Å². The summed E-state index contributed by atoms with van der Waals surface area (Å²) in [5.74, 6) is 0.133. The Morgan fingerprint density at radius 3 is 2.57 bits per heavy atom. The standard InChI is InChI=1S/C12H15NO/c1-8-5-6-10-9(7-8)11(14)13(4)12(10,2)3/h5-7H,1-4H3. The Kier molecular flexibility index (Phi) is 1.71. The number of rotatable bonds is 0. The fourth-order valence-electron chi connectivity index (χ4n) is 1.98. The van der Waals surface area contributed by atoms with Crippen LogP contribution in [0.5, 0.6) is 0 Å². The minimum Gasteiger partial charge on any atom is -0.332 e. The van der Waals surface area contributed by atoms with Gasteiger partial charge in [0.25, 0.3) is 5.91 Å². The molecule has 2 rings (SSSR count). The van der Waals surface area contributed by atoms with Gasteiger partial charge in [0.1, 0.15) is 0 Å². The molecule has 0 aromatic heterocycles. The van der Waals surface area contributed by atoms with Crippen LogP contribution in [0, 0.1) is 6.92 Å². The van der Waals surface area contributed by atoms with Crippen LogP contribution in [0.25, 0.3) is 0 Å². The van der Waals surface area contributed by atoms with Crippen LogP contribution in [0.15, 0.2) is 18.2 Å². The van der Waals surface area contributed by atoms with Crippen LogP contribution in [0.4, 0.5) is 0 Å². The lowest BCUT2D eigenvalue weighted by molar-refractivity contribution is 0.0691. The molecule has 0 atom stereocenters. The molecular formula is C12H15NO. The number of hydrogen-bond donors (Lipinski definition) is 0. The highest BCUT2D eigenvalue weighted by atomic mass is 16.2. The summed E-state index contributed by atoms with van der Waals surface area (Å²) < 4.78 is 0. The largest absolute Gasteiger partial charge is 0.332 e. The van der Waals surface area contributed by atoms with Gasteiger partial charge < -0.3 is 4.90 Å². The van der Waals surface area contributed by atoms with Crippen molar-refractivity contribution in [2.24, 2.45) is 0 Å². The summed E-state index contributed by atoms with van der Waals surface area (Å²) in [5.41, 5.74) is 2.97. The van der Waals surface area contributed by atoms with Crippen molar-refractivity contribution in [3.8, 4) is 0 Å². The van der Waals surface area contributed by atoms with Gasteiger partial charge in [-0.3, -0.25) is 4.79 Å². The Morgan fingerprint density at radius 2 is 1.93 bits per heavy atom. The number of carbonyl (C=O) groups is 1. The van der Waals surface area contributed by atoms with Crippen LogP contribution in [-0.2, 0) is 5.54 Å². The number of carbonyl (C=O) groups excluding carboxylic acids is 1. The number of nitrogens with zero attached hydrogens (tertiary/aromatic N) is 1. The van der Waals surface area contributed by atoms with E-state index in [9.17, 15) is 4.79 Å². The van der Waals surface area contributed by atoms with E-state index in [1.165, 1.54) is 0 Å². The number of hydrogen-bond acceptors (Lipinski definition) is 1. The molecule has 14 heavy (non-hydrogen) atoms. The van der Waals surface area contributed by atoms with Gasteiger partial charge in [-0.05, 0) is 32.4 Å². The first kappa shape index (κ1) is 9.25. The van der Waals surface area contributed by atoms with E-state index < -0.39 is 0 Å². The van der Waals surface area contributed by atoms with Crippen LogP contribution < -0.4 is 0 Å². The lowest BCUT2D eigenvalue weighted by Gasteiger charge is -2.28. The van der Waals surface area contributed by atoms with E-state index in [1.54, 1.807) is 4.90 Å². The molecule has 1 amide bonds. The molecule has 0 saturated carbocycles. The zero-order valence-corrected chi connectivity index (χ0v) is 9.09. The van der Waals surface area contributed by atoms with E-state index in [0.717, 1.165) is 16.7 Å². The van der Waals surface area contributed by atoms with Crippen molar-refractivity contribution in [2.75, 3.05) is 7.05 Å². The first-order valence-corrected chi connectivity index (χ1v) is 4.84. The first-order chi connectivity index (χ1) is 6.44. The van der Waals surface area contributed by atoms with E-state index >= 15 is 0 Å². The Bertz CT molecular complexity index is 407. The van der Waals surface area contributed by atoms with Gasteiger partial charge in [0.2, 0.25) is 0 Å². The number of fused-ring (bicyclic) bond motifs is 1. The number of benzene rings is 1. The molecular weight excluding hydrogens is 174 g/mol. The summed E-state index contributed by atoms with van der Waals surface area (Å²) in [6.45, 7) is 6.16. The quantitative estimate of drug-likeness (QED) is 0.613. The van der Waals surface area contributed by atoms with Crippen molar-refractivity contribution in [2.45, 2.75) is 26.3 Å². The summed E-state index contributed by atoms with van der Waals surface area (Å²) in [7, 11) is 1.86. The Balaban J connectivity index is 2.68. The SMILES string of the molecule is Cc1ccc2c(c1)C(=O)N(C)C2(C)C. The van der Waals surface area contributed by atoms with E-state index in [1.807, 2.05) is 20.0 Å². The molecule has 0 bridgehead atoms. The molecule has 0 N–H and O–H groups in total. The third-order valence-corrected chi connectivity index (χ3v) is 3.21. The fraction of sp³-hybridized carbons (Fsp3) is 0.417. The van der Waals surface area contributed by atoms with E-state index in [-0.39, 0.29) is 11.4 Å². The molecule has 0 radical (unpaired) electrons. The predicted molar refractivity (Wildman–Crippen MR) is 56.3 cm³/mol. The molecule has 1 aromatic carbocycles. The summed E-state index contributed by atoms with van der Waals surface area (Å²) in [4.78, 5) is 13.7. The Hall–Kier alpha value is -1.31.